The lowest BCUT2D eigenvalue weighted by Crippen LogP contribution is -2.54. The maximum Gasteiger partial charge on any atom is 0.253 e. The molecule has 2 rings (SSSR count). The van der Waals surface area contributed by atoms with Crippen molar-refractivity contribution in [1.29, 1.82) is 0 Å². The molecule has 1 fully saturated rings. The first-order valence-corrected chi connectivity index (χ1v) is 7.52. The number of nitrogens with zero attached hydrogens (tertiary/aromatic N) is 2. The molecule has 2 N–H and O–H groups in total. The number of carbonyl (C=O) groups is 2. The molecule has 0 saturated carbocycles. The van der Waals surface area contributed by atoms with E-state index in [1.807, 2.05) is 37.3 Å². The highest BCUT2D eigenvalue weighted by Crippen LogP contribution is 2.10. The third-order valence-corrected chi connectivity index (χ3v) is 3.82. The second-order valence-corrected chi connectivity index (χ2v) is 5.38. The molecule has 0 unspecified atom stereocenters. The van der Waals surface area contributed by atoms with Gasteiger partial charge in [-0.2, -0.15) is 0 Å². The van der Waals surface area contributed by atoms with E-state index in [0.29, 0.717) is 38.2 Å². The summed E-state index contributed by atoms with van der Waals surface area (Å²) in [5.74, 6) is 0.0317. The van der Waals surface area contributed by atoms with Crippen LogP contribution < -0.4 is 5.73 Å². The molecule has 21 heavy (non-hydrogen) atoms. The van der Waals surface area contributed by atoms with E-state index in [1.165, 1.54) is 0 Å². The van der Waals surface area contributed by atoms with Crippen LogP contribution in [0.25, 0.3) is 0 Å². The molecule has 114 valence electrons. The summed E-state index contributed by atoms with van der Waals surface area (Å²) in [7, 11) is 0. The maximum atomic E-state index is 12.3. The Bertz CT molecular complexity index is 482. The van der Waals surface area contributed by atoms with E-state index < -0.39 is 6.04 Å². The van der Waals surface area contributed by atoms with Crippen LogP contribution in [0, 0.1) is 0 Å². The van der Waals surface area contributed by atoms with Gasteiger partial charge in [0.25, 0.3) is 5.91 Å². The molecule has 1 aliphatic rings. The molecule has 0 aromatic heterocycles. The molecule has 5 heteroatoms. The van der Waals surface area contributed by atoms with E-state index >= 15 is 0 Å². The Morgan fingerprint density at radius 2 is 1.67 bits per heavy atom. The first-order valence-electron chi connectivity index (χ1n) is 7.52. The lowest BCUT2D eigenvalue weighted by atomic mass is 10.1. The van der Waals surface area contributed by atoms with Crippen LogP contribution >= 0.6 is 0 Å². The Kier molecular flexibility index (Phi) is 5.33. The number of hydrogen-bond acceptors (Lipinski definition) is 3. The number of amides is 2. The van der Waals surface area contributed by atoms with E-state index in [4.69, 9.17) is 5.73 Å². The summed E-state index contributed by atoms with van der Waals surface area (Å²) in [6, 6.07) is 8.83. The molecular formula is C16H23N3O2. The monoisotopic (exact) mass is 289 g/mol. The molecule has 1 atom stereocenters. The van der Waals surface area contributed by atoms with Crippen LogP contribution in [0.15, 0.2) is 30.3 Å². The largest absolute Gasteiger partial charge is 0.338 e. The van der Waals surface area contributed by atoms with Crippen molar-refractivity contribution in [3.63, 3.8) is 0 Å². The third kappa shape index (κ3) is 3.82. The van der Waals surface area contributed by atoms with Crippen molar-refractivity contribution in [3.05, 3.63) is 35.9 Å². The molecule has 1 heterocycles. The Labute approximate surface area is 125 Å². The van der Waals surface area contributed by atoms with Gasteiger partial charge in [0.15, 0.2) is 0 Å². The van der Waals surface area contributed by atoms with Gasteiger partial charge in [-0.25, -0.2) is 0 Å². The second kappa shape index (κ2) is 7.22. The standard InChI is InChI=1S/C16H23N3O2/c1-2-6-14(17)16(21)19-11-9-18(10-12-19)15(20)13-7-4-3-5-8-13/h3-5,7-8,14H,2,6,9-12,17H2,1H3/t14-/m1/s1. The van der Waals surface area contributed by atoms with Gasteiger partial charge in [-0.05, 0) is 18.6 Å². The number of piperazine rings is 1. The number of benzene rings is 1. The quantitative estimate of drug-likeness (QED) is 0.902. The SMILES string of the molecule is CCC[C@@H](N)C(=O)N1CCN(C(=O)c2ccccc2)CC1. The number of nitrogens with two attached hydrogens (primary N) is 1. The minimum absolute atomic E-state index is 0.00339. The first-order chi connectivity index (χ1) is 10.1. The fraction of sp³-hybridized carbons (Fsp3) is 0.500. The van der Waals surface area contributed by atoms with Crippen LogP contribution in [0.3, 0.4) is 0 Å². The molecule has 0 spiro atoms. The van der Waals surface area contributed by atoms with Crippen molar-refractivity contribution in [2.45, 2.75) is 25.8 Å². The zero-order chi connectivity index (χ0) is 15.2. The summed E-state index contributed by atoms with van der Waals surface area (Å²) in [4.78, 5) is 28.0. The van der Waals surface area contributed by atoms with Gasteiger partial charge < -0.3 is 15.5 Å². The Hall–Kier alpha value is -1.88. The van der Waals surface area contributed by atoms with Crippen molar-refractivity contribution in [2.75, 3.05) is 26.2 Å². The molecule has 1 saturated heterocycles. The number of rotatable bonds is 4. The lowest BCUT2D eigenvalue weighted by molar-refractivity contribution is -0.134. The highest BCUT2D eigenvalue weighted by atomic mass is 16.2. The zero-order valence-electron chi connectivity index (χ0n) is 12.5. The van der Waals surface area contributed by atoms with Gasteiger partial charge >= 0.3 is 0 Å². The van der Waals surface area contributed by atoms with Crippen LogP contribution in [0.1, 0.15) is 30.1 Å². The average molecular weight is 289 g/mol. The van der Waals surface area contributed by atoms with Gasteiger partial charge in [-0.3, -0.25) is 9.59 Å². The molecule has 0 bridgehead atoms. The molecule has 0 radical (unpaired) electrons. The minimum atomic E-state index is -0.411. The van der Waals surface area contributed by atoms with Crippen LogP contribution in [-0.4, -0.2) is 53.8 Å². The fourth-order valence-electron chi connectivity index (χ4n) is 2.56. The lowest BCUT2D eigenvalue weighted by Gasteiger charge is -2.36. The Morgan fingerprint density at radius 3 is 2.24 bits per heavy atom. The van der Waals surface area contributed by atoms with Gasteiger partial charge in [-0.1, -0.05) is 31.5 Å². The van der Waals surface area contributed by atoms with Crippen LogP contribution in [0.2, 0.25) is 0 Å². The van der Waals surface area contributed by atoms with E-state index in [-0.39, 0.29) is 11.8 Å². The van der Waals surface area contributed by atoms with Crippen molar-refractivity contribution >= 4 is 11.8 Å². The van der Waals surface area contributed by atoms with Crippen molar-refractivity contribution in [2.24, 2.45) is 5.73 Å². The average Bonchev–Trinajstić information content (AvgIpc) is 2.54. The van der Waals surface area contributed by atoms with Crippen molar-refractivity contribution < 1.29 is 9.59 Å². The zero-order valence-corrected chi connectivity index (χ0v) is 12.5. The topological polar surface area (TPSA) is 66.6 Å². The second-order valence-electron chi connectivity index (χ2n) is 5.38. The van der Waals surface area contributed by atoms with Crippen LogP contribution in [-0.2, 0) is 4.79 Å². The number of hydrogen-bond donors (Lipinski definition) is 1. The third-order valence-electron chi connectivity index (χ3n) is 3.82. The van der Waals surface area contributed by atoms with Gasteiger partial charge in [0.05, 0.1) is 6.04 Å². The van der Waals surface area contributed by atoms with Crippen molar-refractivity contribution in [3.8, 4) is 0 Å². The Balaban J connectivity index is 1.89. The summed E-state index contributed by atoms with van der Waals surface area (Å²) in [6.07, 6.45) is 1.61. The summed E-state index contributed by atoms with van der Waals surface area (Å²) >= 11 is 0. The highest BCUT2D eigenvalue weighted by Gasteiger charge is 2.27. The van der Waals surface area contributed by atoms with Gasteiger partial charge in [0.2, 0.25) is 5.91 Å². The molecule has 1 aliphatic heterocycles. The van der Waals surface area contributed by atoms with Crippen LogP contribution in [0.4, 0.5) is 0 Å². The normalized spacial score (nSPS) is 16.7. The Morgan fingerprint density at radius 1 is 1.10 bits per heavy atom. The van der Waals surface area contributed by atoms with E-state index in [2.05, 4.69) is 0 Å². The predicted molar refractivity (Wildman–Crippen MR) is 81.8 cm³/mol. The molecule has 0 aliphatic carbocycles. The van der Waals surface area contributed by atoms with E-state index in [0.717, 1.165) is 6.42 Å². The first kappa shape index (κ1) is 15.5. The summed E-state index contributed by atoms with van der Waals surface area (Å²) in [6.45, 7) is 4.28. The highest BCUT2D eigenvalue weighted by molar-refractivity contribution is 5.94. The summed E-state index contributed by atoms with van der Waals surface area (Å²) in [5.41, 5.74) is 6.57. The van der Waals surface area contributed by atoms with Gasteiger partial charge in [0.1, 0.15) is 0 Å². The molecule has 5 nitrogen and oxygen atoms in total. The molecule has 1 aromatic rings. The molecule has 2 amide bonds. The minimum Gasteiger partial charge on any atom is -0.338 e. The fourth-order valence-corrected chi connectivity index (χ4v) is 2.56. The summed E-state index contributed by atoms with van der Waals surface area (Å²) < 4.78 is 0. The summed E-state index contributed by atoms with van der Waals surface area (Å²) in [5, 5.41) is 0. The molecule has 1 aromatic carbocycles. The van der Waals surface area contributed by atoms with Crippen molar-refractivity contribution in [1.82, 2.24) is 9.80 Å². The van der Waals surface area contributed by atoms with Gasteiger partial charge in [0, 0.05) is 31.7 Å². The molecular weight excluding hydrogens is 266 g/mol. The smallest absolute Gasteiger partial charge is 0.253 e. The maximum absolute atomic E-state index is 12.3. The van der Waals surface area contributed by atoms with Gasteiger partial charge in [-0.15, -0.1) is 0 Å². The van der Waals surface area contributed by atoms with E-state index in [9.17, 15) is 9.59 Å². The number of carbonyl (C=O) groups excluding carboxylic acids is 2. The predicted octanol–water partition coefficient (Wildman–Crippen LogP) is 1.10. The van der Waals surface area contributed by atoms with E-state index in [1.54, 1.807) is 9.80 Å². The van der Waals surface area contributed by atoms with Crippen LogP contribution in [0.5, 0.6) is 0 Å².